The number of aryl methyl sites for hydroxylation is 1. The summed E-state index contributed by atoms with van der Waals surface area (Å²) in [7, 11) is 3.87. The van der Waals surface area contributed by atoms with Gasteiger partial charge in [0.05, 0.1) is 0 Å². The van der Waals surface area contributed by atoms with E-state index >= 15 is 0 Å². The number of rotatable bonds is 7. The standard InChI is InChI=1S/C16H27N3O/c1-5-20-12-6-11-18-16(17-3)19(4)13-15-9-7-14(2)8-10-15/h7-10H,5-6,11-13H2,1-4H3,(H,17,18). The van der Waals surface area contributed by atoms with Crippen molar-refractivity contribution in [1.29, 1.82) is 0 Å². The summed E-state index contributed by atoms with van der Waals surface area (Å²) < 4.78 is 5.32. The lowest BCUT2D eigenvalue weighted by Crippen LogP contribution is -2.39. The molecule has 1 aromatic rings. The molecule has 0 fully saturated rings. The van der Waals surface area contributed by atoms with E-state index in [9.17, 15) is 0 Å². The molecule has 0 radical (unpaired) electrons. The Kier molecular flexibility index (Phi) is 7.73. The maximum atomic E-state index is 5.32. The Hall–Kier alpha value is -1.55. The highest BCUT2D eigenvalue weighted by atomic mass is 16.5. The van der Waals surface area contributed by atoms with Gasteiger partial charge in [0.15, 0.2) is 5.96 Å². The Balaban J connectivity index is 2.38. The first kappa shape index (κ1) is 16.5. The zero-order chi connectivity index (χ0) is 14.8. The van der Waals surface area contributed by atoms with E-state index < -0.39 is 0 Å². The highest BCUT2D eigenvalue weighted by Gasteiger charge is 2.05. The van der Waals surface area contributed by atoms with Crippen molar-refractivity contribution in [1.82, 2.24) is 10.2 Å². The molecule has 1 N–H and O–H groups in total. The Bertz CT molecular complexity index is 401. The predicted octanol–water partition coefficient (Wildman–Crippen LogP) is 2.43. The highest BCUT2D eigenvalue weighted by molar-refractivity contribution is 5.79. The number of ether oxygens (including phenoxy) is 1. The Morgan fingerprint density at radius 2 is 2.00 bits per heavy atom. The maximum absolute atomic E-state index is 5.32. The van der Waals surface area contributed by atoms with Crippen molar-refractivity contribution < 1.29 is 4.74 Å². The molecule has 0 aliphatic carbocycles. The van der Waals surface area contributed by atoms with Crippen molar-refractivity contribution in [2.24, 2.45) is 4.99 Å². The number of aliphatic imine (C=N–C) groups is 1. The van der Waals surface area contributed by atoms with Gasteiger partial charge >= 0.3 is 0 Å². The van der Waals surface area contributed by atoms with Crippen molar-refractivity contribution in [2.45, 2.75) is 26.8 Å². The summed E-state index contributed by atoms with van der Waals surface area (Å²) in [5, 5.41) is 3.36. The monoisotopic (exact) mass is 277 g/mol. The lowest BCUT2D eigenvalue weighted by molar-refractivity contribution is 0.145. The normalized spacial score (nSPS) is 11.5. The van der Waals surface area contributed by atoms with Gasteiger partial charge in [-0.05, 0) is 25.8 Å². The molecule has 0 heterocycles. The molecule has 0 aromatic heterocycles. The van der Waals surface area contributed by atoms with Crippen LogP contribution in [0.4, 0.5) is 0 Å². The van der Waals surface area contributed by atoms with Crippen molar-refractivity contribution in [3.05, 3.63) is 35.4 Å². The third kappa shape index (κ3) is 6.06. The van der Waals surface area contributed by atoms with Crippen LogP contribution in [-0.2, 0) is 11.3 Å². The molecular formula is C16H27N3O. The van der Waals surface area contributed by atoms with Crippen LogP contribution in [-0.4, -0.2) is 44.7 Å². The van der Waals surface area contributed by atoms with Gasteiger partial charge < -0.3 is 15.0 Å². The average molecular weight is 277 g/mol. The van der Waals surface area contributed by atoms with Gasteiger partial charge in [-0.15, -0.1) is 0 Å². The summed E-state index contributed by atoms with van der Waals surface area (Å²) in [6, 6.07) is 8.60. The molecule has 1 aromatic carbocycles. The van der Waals surface area contributed by atoms with E-state index in [4.69, 9.17) is 4.74 Å². The van der Waals surface area contributed by atoms with Crippen LogP contribution in [0.3, 0.4) is 0 Å². The first-order valence-corrected chi connectivity index (χ1v) is 7.22. The molecule has 0 saturated heterocycles. The zero-order valence-corrected chi connectivity index (χ0v) is 13.1. The zero-order valence-electron chi connectivity index (χ0n) is 13.1. The summed E-state index contributed by atoms with van der Waals surface area (Å²) in [6.07, 6.45) is 0.991. The molecule has 4 nitrogen and oxygen atoms in total. The van der Waals surface area contributed by atoms with Crippen LogP contribution < -0.4 is 5.32 Å². The topological polar surface area (TPSA) is 36.9 Å². The highest BCUT2D eigenvalue weighted by Crippen LogP contribution is 2.05. The molecule has 0 bridgehead atoms. The number of nitrogens with zero attached hydrogens (tertiary/aromatic N) is 2. The predicted molar refractivity (Wildman–Crippen MR) is 85.1 cm³/mol. The smallest absolute Gasteiger partial charge is 0.193 e. The molecule has 0 unspecified atom stereocenters. The second-order valence-electron chi connectivity index (χ2n) is 4.87. The second-order valence-corrected chi connectivity index (χ2v) is 4.87. The first-order valence-electron chi connectivity index (χ1n) is 7.22. The summed E-state index contributed by atoms with van der Waals surface area (Å²) >= 11 is 0. The molecule has 1 rings (SSSR count). The minimum absolute atomic E-state index is 0.780. The summed E-state index contributed by atoms with van der Waals surface area (Å²) in [5.41, 5.74) is 2.57. The SMILES string of the molecule is CCOCCCNC(=NC)N(C)Cc1ccc(C)cc1. The van der Waals surface area contributed by atoms with Crippen LogP contribution in [0.25, 0.3) is 0 Å². The van der Waals surface area contributed by atoms with Gasteiger partial charge in [-0.1, -0.05) is 29.8 Å². The van der Waals surface area contributed by atoms with E-state index in [1.807, 2.05) is 14.0 Å². The number of hydrogen-bond acceptors (Lipinski definition) is 2. The summed E-state index contributed by atoms with van der Waals surface area (Å²) in [4.78, 5) is 6.44. The molecule has 0 aliphatic heterocycles. The van der Waals surface area contributed by atoms with Crippen LogP contribution in [0.5, 0.6) is 0 Å². The van der Waals surface area contributed by atoms with E-state index in [0.717, 1.165) is 38.7 Å². The van der Waals surface area contributed by atoms with Gasteiger partial charge in [0.2, 0.25) is 0 Å². The van der Waals surface area contributed by atoms with Gasteiger partial charge in [-0.25, -0.2) is 0 Å². The minimum atomic E-state index is 0.780. The van der Waals surface area contributed by atoms with Gasteiger partial charge in [-0.2, -0.15) is 0 Å². The van der Waals surface area contributed by atoms with E-state index in [1.54, 1.807) is 0 Å². The number of guanidine groups is 1. The quantitative estimate of drug-likeness (QED) is 0.472. The fourth-order valence-electron chi connectivity index (χ4n) is 1.95. The molecule has 0 atom stereocenters. The van der Waals surface area contributed by atoms with Crippen molar-refractivity contribution in [3.8, 4) is 0 Å². The molecule has 0 spiro atoms. The molecule has 112 valence electrons. The van der Waals surface area contributed by atoms with E-state index in [-0.39, 0.29) is 0 Å². The van der Waals surface area contributed by atoms with Crippen LogP contribution in [0, 0.1) is 6.92 Å². The van der Waals surface area contributed by atoms with Crippen LogP contribution in [0.15, 0.2) is 29.3 Å². The maximum Gasteiger partial charge on any atom is 0.193 e. The number of hydrogen-bond donors (Lipinski definition) is 1. The third-order valence-corrected chi connectivity index (χ3v) is 3.07. The fraction of sp³-hybridized carbons (Fsp3) is 0.562. The largest absolute Gasteiger partial charge is 0.382 e. The van der Waals surface area contributed by atoms with Gasteiger partial charge in [-0.3, -0.25) is 4.99 Å². The van der Waals surface area contributed by atoms with E-state index in [2.05, 4.69) is 53.4 Å². The van der Waals surface area contributed by atoms with Crippen molar-refractivity contribution >= 4 is 5.96 Å². The molecule has 0 amide bonds. The molecule has 0 aliphatic rings. The molecular weight excluding hydrogens is 250 g/mol. The Labute approximate surface area is 122 Å². The van der Waals surface area contributed by atoms with Gasteiger partial charge in [0.25, 0.3) is 0 Å². The lowest BCUT2D eigenvalue weighted by atomic mass is 10.1. The van der Waals surface area contributed by atoms with Crippen molar-refractivity contribution in [2.75, 3.05) is 33.9 Å². The van der Waals surface area contributed by atoms with Crippen LogP contribution in [0.2, 0.25) is 0 Å². The van der Waals surface area contributed by atoms with Crippen LogP contribution >= 0.6 is 0 Å². The van der Waals surface area contributed by atoms with Crippen LogP contribution in [0.1, 0.15) is 24.5 Å². The first-order chi connectivity index (χ1) is 9.67. The average Bonchev–Trinajstić information content (AvgIpc) is 2.45. The van der Waals surface area contributed by atoms with E-state index in [1.165, 1.54) is 11.1 Å². The minimum Gasteiger partial charge on any atom is -0.382 e. The third-order valence-electron chi connectivity index (χ3n) is 3.07. The molecule has 4 heteroatoms. The Morgan fingerprint density at radius 3 is 2.60 bits per heavy atom. The Morgan fingerprint density at radius 1 is 1.30 bits per heavy atom. The number of nitrogens with one attached hydrogen (secondary N) is 1. The van der Waals surface area contributed by atoms with E-state index in [0.29, 0.717) is 0 Å². The fourth-order valence-corrected chi connectivity index (χ4v) is 1.95. The van der Waals surface area contributed by atoms with Gasteiger partial charge in [0.1, 0.15) is 0 Å². The van der Waals surface area contributed by atoms with Crippen molar-refractivity contribution in [3.63, 3.8) is 0 Å². The lowest BCUT2D eigenvalue weighted by Gasteiger charge is -2.22. The summed E-state index contributed by atoms with van der Waals surface area (Å²) in [6.45, 7) is 7.43. The molecule has 0 saturated carbocycles. The summed E-state index contributed by atoms with van der Waals surface area (Å²) in [5.74, 6) is 0.919. The van der Waals surface area contributed by atoms with Gasteiger partial charge in [0, 0.05) is 40.4 Å². The molecule has 20 heavy (non-hydrogen) atoms. The number of benzene rings is 1. The second kappa shape index (κ2) is 9.37.